The number of hydrogen-bond donors (Lipinski definition) is 2. The summed E-state index contributed by atoms with van der Waals surface area (Å²) in [6.45, 7) is 7.11. The number of allylic oxidation sites excluding steroid dienone is 2. The maximum atomic E-state index is 12.5. The van der Waals surface area contributed by atoms with E-state index in [-0.39, 0.29) is 17.3 Å². The third-order valence-corrected chi connectivity index (χ3v) is 5.87. The van der Waals surface area contributed by atoms with Gasteiger partial charge in [0.1, 0.15) is 5.75 Å². The van der Waals surface area contributed by atoms with E-state index in [1.165, 1.54) is 19.3 Å². The molecule has 2 aromatic rings. The fourth-order valence-corrected chi connectivity index (χ4v) is 3.72. The zero-order valence-corrected chi connectivity index (χ0v) is 20.4. The molecule has 0 radical (unpaired) electrons. The average molecular weight is 453 g/mol. The van der Waals surface area contributed by atoms with Gasteiger partial charge in [-0.15, -0.1) is 0 Å². The van der Waals surface area contributed by atoms with Crippen molar-refractivity contribution in [2.75, 3.05) is 6.61 Å². The molecule has 0 aliphatic rings. The fraction of sp³-hybridized carbons (Fsp3) is 0.483. The molecule has 0 saturated heterocycles. The number of rotatable bonds is 15. The first-order valence-electron chi connectivity index (χ1n) is 12.3. The number of ether oxygens (including phenoxy) is 1. The van der Waals surface area contributed by atoms with Gasteiger partial charge in [0.25, 0.3) is 0 Å². The minimum Gasteiger partial charge on any atom is -0.508 e. The van der Waals surface area contributed by atoms with E-state index in [4.69, 9.17) is 4.74 Å². The summed E-state index contributed by atoms with van der Waals surface area (Å²) >= 11 is 0. The Morgan fingerprint density at radius 2 is 1.70 bits per heavy atom. The number of aromatic hydroxyl groups is 2. The van der Waals surface area contributed by atoms with E-state index in [9.17, 15) is 15.0 Å². The number of carbonyl (C=O) groups is 1. The van der Waals surface area contributed by atoms with Gasteiger partial charge in [-0.2, -0.15) is 0 Å². The molecule has 0 spiro atoms. The number of benzene rings is 2. The van der Waals surface area contributed by atoms with Gasteiger partial charge in [-0.25, -0.2) is 0 Å². The Kier molecular flexibility index (Phi) is 11.6. The highest BCUT2D eigenvalue weighted by molar-refractivity contribution is 5.89. The largest absolute Gasteiger partial charge is 0.508 e. The van der Waals surface area contributed by atoms with Crippen molar-refractivity contribution in [3.63, 3.8) is 0 Å². The molecule has 33 heavy (non-hydrogen) atoms. The van der Waals surface area contributed by atoms with Gasteiger partial charge in [-0.1, -0.05) is 64.3 Å². The van der Waals surface area contributed by atoms with Gasteiger partial charge in [0.05, 0.1) is 6.61 Å². The summed E-state index contributed by atoms with van der Waals surface area (Å²) in [4.78, 5) is 12.5. The second-order valence-electron chi connectivity index (χ2n) is 9.27. The topological polar surface area (TPSA) is 66.8 Å². The number of unbranched alkanes of at least 4 members (excludes halogenated alkanes) is 1. The fourth-order valence-electron chi connectivity index (χ4n) is 3.72. The van der Waals surface area contributed by atoms with E-state index in [0.29, 0.717) is 43.5 Å². The second kappa shape index (κ2) is 14.4. The average Bonchev–Trinajstić information content (AvgIpc) is 2.80. The van der Waals surface area contributed by atoms with E-state index in [2.05, 4.69) is 26.8 Å². The van der Waals surface area contributed by atoms with Crippen molar-refractivity contribution < 1.29 is 19.7 Å². The molecule has 4 nitrogen and oxygen atoms in total. The molecule has 0 unspecified atom stereocenters. The predicted octanol–water partition coefficient (Wildman–Crippen LogP) is 7.02. The Morgan fingerprint density at radius 1 is 0.970 bits per heavy atom. The Bertz CT molecular complexity index is 868. The number of hydrogen-bond acceptors (Lipinski definition) is 4. The summed E-state index contributed by atoms with van der Waals surface area (Å²) in [6, 6.07) is 12.3. The highest BCUT2D eigenvalue weighted by Crippen LogP contribution is 2.28. The van der Waals surface area contributed by atoms with Crippen molar-refractivity contribution in [3.05, 3.63) is 65.7 Å². The first-order chi connectivity index (χ1) is 15.9. The summed E-state index contributed by atoms with van der Waals surface area (Å²) in [6.07, 6.45) is 11.5. The van der Waals surface area contributed by atoms with Crippen LogP contribution in [0, 0.1) is 11.8 Å². The summed E-state index contributed by atoms with van der Waals surface area (Å²) < 4.78 is 5.77. The lowest BCUT2D eigenvalue weighted by molar-refractivity contribution is -0.114. The molecule has 0 amide bonds. The van der Waals surface area contributed by atoms with Crippen LogP contribution in [0.3, 0.4) is 0 Å². The molecule has 4 heteroatoms. The molecule has 0 heterocycles. The van der Waals surface area contributed by atoms with Crippen LogP contribution in [-0.4, -0.2) is 22.6 Å². The maximum Gasteiger partial charge on any atom is 0.161 e. The number of phenolic OH excluding ortho intramolecular Hbond substituents is 2. The van der Waals surface area contributed by atoms with Gasteiger partial charge in [-0.05, 0) is 72.6 Å². The predicted molar refractivity (Wildman–Crippen MR) is 135 cm³/mol. The van der Waals surface area contributed by atoms with Gasteiger partial charge in [0.15, 0.2) is 17.3 Å². The highest BCUT2D eigenvalue weighted by atomic mass is 16.5. The third kappa shape index (κ3) is 10.6. The van der Waals surface area contributed by atoms with Crippen LogP contribution in [0.15, 0.2) is 54.6 Å². The molecule has 0 saturated carbocycles. The van der Waals surface area contributed by atoms with E-state index < -0.39 is 0 Å². The molecular formula is C29H40O4. The summed E-state index contributed by atoms with van der Waals surface area (Å²) in [7, 11) is 0. The van der Waals surface area contributed by atoms with Crippen molar-refractivity contribution in [2.24, 2.45) is 11.8 Å². The van der Waals surface area contributed by atoms with Crippen LogP contribution in [0.2, 0.25) is 0 Å². The van der Waals surface area contributed by atoms with Crippen LogP contribution in [0.1, 0.15) is 70.4 Å². The Balaban J connectivity index is 1.84. The van der Waals surface area contributed by atoms with E-state index in [1.54, 1.807) is 24.3 Å². The lowest BCUT2D eigenvalue weighted by Gasteiger charge is -2.13. The van der Waals surface area contributed by atoms with Crippen LogP contribution in [0.5, 0.6) is 17.2 Å². The zero-order chi connectivity index (χ0) is 24.1. The van der Waals surface area contributed by atoms with Crippen LogP contribution >= 0.6 is 0 Å². The SMILES string of the molecule is CCCC[C@H](/C=C/C(=O)CCc1ccc(O)c(OCCc2ccc(O)cc2)c1)CCC(C)C. The third-order valence-electron chi connectivity index (χ3n) is 5.87. The monoisotopic (exact) mass is 452 g/mol. The van der Waals surface area contributed by atoms with Crippen molar-refractivity contribution in [2.45, 2.75) is 72.1 Å². The van der Waals surface area contributed by atoms with E-state index >= 15 is 0 Å². The normalized spacial score (nSPS) is 12.4. The number of phenols is 2. The maximum absolute atomic E-state index is 12.5. The standard InChI is InChI=1S/C29H40O4/c1-4-5-6-23(8-7-22(2)3)9-14-27(31)17-12-25-13-18-28(32)29(21-25)33-20-19-24-10-15-26(30)16-11-24/h9-11,13-16,18,21-23,30,32H,4-8,12,17,19-20H2,1-3H3/b14-9+/t23-/m0/s1. The van der Waals surface area contributed by atoms with Crippen molar-refractivity contribution >= 4 is 5.78 Å². The second-order valence-corrected chi connectivity index (χ2v) is 9.27. The summed E-state index contributed by atoms with van der Waals surface area (Å²) in [5.41, 5.74) is 2.02. The molecule has 2 aromatic carbocycles. The molecular weight excluding hydrogens is 412 g/mol. The van der Waals surface area contributed by atoms with Gasteiger partial charge in [0.2, 0.25) is 0 Å². The van der Waals surface area contributed by atoms with Crippen LogP contribution in [0.4, 0.5) is 0 Å². The van der Waals surface area contributed by atoms with Gasteiger partial charge in [-0.3, -0.25) is 4.79 Å². The Hall–Kier alpha value is -2.75. The highest BCUT2D eigenvalue weighted by Gasteiger charge is 2.09. The molecule has 0 fully saturated rings. The first kappa shape index (κ1) is 26.5. The molecule has 2 N–H and O–H groups in total. The van der Waals surface area contributed by atoms with Crippen LogP contribution in [0.25, 0.3) is 0 Å². The molecule has 0 aromatic heterocycles. The lowest BCUT2D eigenvalue weighted by atomic mass is 9.92. The molecule has 0 aliphatic heterocycles. The number of carbonyl (C=O) groups excluding carboxylic acids is 1. The van der Waals surface area contributed by atoms with Crippen LogP contribution in [-0.2, 0) is 17.6 Å². The molecule has 0 aliphatic carbocycles. The van der Waals surface area contributed by atoms with Crippen molar-refractivity contribution in [1.29, 1.82) is 0 Å². The number of ketones is 1. The smallest absolute Gasteiger partial charge is 0.161 e. The summed E-state index contributed by atoms with van der Waals surface area (Å²) in [5, 5.41) is 19.5. The van der Waals surface area contributed by atoms with Gasteiger partial charge < -0.3 is 14.9 Å². The summed E-state index contributed by atoms with van der Waals surface area (Å²) in [5.74, 6) is 2.08. The Morgan fingerprint density at radius 3 is 2.39 bits per heavy atom. The van der Waals surface area contributed by atoms with Crippen LogP contribution < -0.4 is 4.74 Å². The molecule has 1 atom stereocenters. The van der Waals surface area contributed by atoms with Gasteiger partial charge >= 0.3 is 0 Å². The Labute approximate surface area is 199 Å². The van der Waals surface area contributed by atoms with E-state index in [0.717, 1.165) is 24.0 Å². The minimum atomic E-state index is 0.0968. The first-order valence-corrected chi connectivity index (χ1v) is 12.3. The quantitative estimate of drug-likeness (QED) is 0.285. The zero-order valence-electron chi connectivity index (χ0n) is 20.4. The van der Waals surface area contributed by atoms with E-state index in [1.807, 2.05) is 24.3 Å². The minimum absolute atomic E-state index is 0.0968. The van der Waals surface area contributed by atoms with Crippen molar-refractivity contribution in [1.82, 2.24) is 0 Å². The molecule has 2 rings (SSSR count). The lowest BCUT2D eigenvalue weighted by Crippen LogP contribution is -2.03. The van der Waals surface area contributed by atoms with Gasteiger partial charge in [0, 0.05) is 12.8 Å². The number of aryl methyl sites for hydroxylation is 1. The molecule has 0 bridgehead atoms. The van der Waals surface area contributed by atoms with Crippen molar-refractivity contribution in [3.8, 4) is 17.2 Å². The molecule has 180 valence electrons.